The maximum absolute atomic E-state index is 15.0. The van der Waals surface area contributed by atoms with Gasteiger partial charge in [0.25, 0.3) is 11.8 Å². The molecule has 0 N–H and O–H groups in total. The lowest BCUT2D eigenvalue weighted by atomic mass is 9.92. The summed E-state index contributed by atoms with van der Waals surface area (Å²) in [6, 6.07) is 65.3. The summed E-state index contributed by atoms with van der Waals surface area (Å²) < 4.78 is 2.15. The molecule has 1 aromatic heterocycles. The van der Waals surface area contributed by atoms with Crippen molar-refractivity contribution in [2.24, 2.45) is 0 Å². The lowest BCUT2D eigenvalue weighted by Crippen LogP contribution is -2.30. The number of benzene rings is 8. The lowest BCUT2D eigenvalue weighted by molar-refractivity contribution is 0.0926. The van der Waals surface area contributed by atoms with Gasteiger partial charge in [0, 0.05) is 16.3 Å². The first kappa shape index (κ1) is 31.4. The molecule has 4 heteroatoms. The van der Waals surface area contributed by atoms with Crippen LogP contribution in [0, 0.1) is 0 Å². The van der Waals surface area contributed by atoms with Crippen LogP contribution in [0.4, 0.5) is 5.69 Å². The van der Waals surface area contributed by atoms with Crippen molar-refractivity contribution in [3.8, 4) is 50.2 Å². The highest BCUT2D eigenvalue weighted by Crippen LogP contribution is 2.44. The predicted molar refractivity (Wildman–Crippen MR) is 220 cm³/mol. The molecule has 2 heterocycles. The van der Waals surface area contributed by atoms with Crippen LogP contribution in [-0.4, -0.2) is 16.4 Å². The van der Waals surface area contributed by atoms with Crippen molar-refractivity contribution in [3.05, 3.63) is 205 Å². The Morgan fingerprint density at radius 2 is 0.778 bits per heavy atom. The molecule has 254 valence electrons. The number of anilines is 1. The molecule has 1 aliphatic rings. The second-order valence-electron chi connectivity index (χ2n) is 13.6. The van der Waals surface area contributed by atoms with E-state index >= 15 is 0 Å². The first-order valence-electron chi connectivity index (χ1n) is 18.1. The number of aromatic nitrogens is 1. The largest absolute Gasteiger partial charge is 0.308 e. The fraction of sp³-hybridized carbons (Fsp3) is 0. The van der Waals surface area contributed by atoms with Crippen LogP contribution in [0.15, 0.2) is 194 Å². The molecule has 0 fully saturated rings. The first-order valence-corrected chi connectivity index (χ1v) is 18.1. The highest BCUT2D eigenvalue weighted by Gasteiger charge is 2.40. The standard InChI is InChI=1S/C50H32N2O2/c53-49-40-24-14-26-46(48(40)50(54)52(49)45-25-13-23-39(35-19-9-3-10-20-35)47(45)36-21-11-4-12-22-36)51-43-29-27-37(33-15-5-1-6-16-33)31-41(43)42-32-38(28-30-44(42)51)34-17-7-2-8-18-34/h1-32H. The molecule has 0 radical (unpaired) electrons. The average Bonchev–Trinajstić information content (AvgIpc) is 3.71. The van der Waals surface area contributed by atoms with Gasteiger partial charge in [-0.3, -0.25) is 9.59 Å². The Balaban J connectivity index is 1.19. The van der Waals surface area contributed by atoms with Gasteiger partial charge in [0.15, 0.2) is 0 Å². The predicted octanol–water partition coefficient (Wildman–Crippen LogP) is 12.3. The maximum Gasteiger partial charge on any atom is 0.268 e. The normalized spacial score (nSPS) is 12.5. The van der Waals surface area contributed by atoms with Gasteiger partial charge in [-0.05, 0) is 81.4 Å². The molecule has 9 aromatic rings. The van der Waals surface area contributed by atoms with Crippen molar-refractivity contribution >= 4 is 39.3 Å². The maximum atomic E-state index is 15.0. The van der Waals surface area contributed by atoms with Crippen molar-refractivity contribution < 1.29 is 9.59 Å². The van der Waals surface area contributed by atoms with Gasteiger partial charge in [0.1, 0.15) is 0 Å². The van der Waals surface area contributed by atoms with Gasteiger partial charge in [-0.1, -0.05) is 152 Å². The average molecular weight is 693 g/mol. The molecular formula is C50H32N2O2. The van der Waals surface area contributed by atoms with Crippen molar-refractivity contribution in [1.82, 2.24) is 4.57 Å². The number of nitrogens with zero attached hydrogens (tertiary/aromatic N) is 2. The van der Waals surface area contributed by atoms with E-state index in [1.54, 1.807) is 6.07 Å². The van der Waals surface area contributed by atoms with Gasteiger partial charge in [0.2, 0.25) is 0 Å². The van der Waals surface area contributed by atoms with E-state index in [1.807, 2.05) is 84.9 Å². The third-order valence-corrected chi connectivity index (χ3v) is 10.5. The Morgan fingerprint density at radius 3 is 1.31 bits per heavy atom. The number of carbonyl (C=O) groups is 2. The summed E-state index contributed by atoms with van der Waals surface area (Å²) in [6.45, 7) is 0. The van der Waals surface area contributed by atoms with E-state index in [9.17, 15) is 9.59 Å². The third kappa shape index (κ3) is 5.00. The summed E-state index contributed by atoms with van der Waals surface area (Å²) >= 11 is 0. The molecule has 1 aliphatic heterocycles. The molecule has 0 saturated heterocycles. The van der Waals surface area contributed by atoms with Gasteiger partial charge in [0.05, 0.1) is 33.5 Å². The molecule has 10 rings (SSSR count). The van der Waals surface area contributed by atoms with Crippen LogP contribution in [0.5, 0.6) is 0 Å². The van der Waals surface area contributed by atoms with Crippen molar-refractivity contribution in [2.45, 2.75) is 0 Å². The van der Waals surface area contributed by atoms with Gasteiger partial charge >= 0.3 is 0 Å². The van der Waals surface area contributed by atoms with E-state index in [4.69, 9.17) is 0 Å². The summed E-state index contributed by atoms with van der Waals surface area (Å²) in [5.74, 6) is -0.678. The topological polar surface area (TPSA) is 42.3 Å². The van der Waals surface area contributed by atoms with E-state index < -0.39 is 0 Å². The van der Waals surface area contributed by atoms with Gasteiger partial charge in [-0.2, -0.15) is 0 Å². The number of hydrogen-bond acceptors (Lipinski definition) is 2. The van der Waals surface area contributed by atoms with Crippen molar-refractivity contribution in [3.63, 3.8) is 0 Å². The third-order valence-electron chi connectivity index (χ3n) is 10.5. The molecule has 4 nitrogen and oxygen atoms in total. The van der Waals surface area contributed by atoms with E-state index in [-0.39, 0.29) is 11.8 Å². The number of rotatable bonds is 6. The highest BCUT2D eigenvalue weighted by atomic mass is 16.2. The number of hydrogen-bond donors (Lipinski definition) is 0. The summed E-state index contributed by atoms with van der Waals surface area (Å²) in [4.78, 5) is 31.0. The second-order valence-corrected chi connectivity index (χ2v) is 13.6. The molecule has 0 aliphatic carbocycles. The van der Waals surface area contributed by atoms with E-state index in [0.29, 0.717) is 22.5 Å². The Bertz CT molecular complexity index is 2800. The SMILES string of the molecule is O=C1c2cccc(-n3c4ccc(-c5ccccc5)cc4c4cc(-c5ccccc5)ccc43)c2C(=O)N1c1cccc(-c2ccccc2)c1-c1ccccc1. The Morgan fingerprint density at radius 1 is 0.315 bits per heavy atom. The summed E-state index contributed by atoms with van der Waals surface area (Å²) in [5.41, 5.74) is 12.1. The van der Waals surface area contributed by atoms with Crippen LogP contribution in [0.3, 0.4) is 0 Å². The number of fused-ring (bicyclic) bond motifs is 4. The zero-order valence-corrected chi connectivity index (χ0v) is 29.2. The minimum atomic E-state index is -0.343. The minimum absolute atomic E-state index is 0.335. The zero-order chi connectivity index (χ0) is 36.2. The molecule has 54 heavy (non-hydrogen) atoms. The minimum Gasteiger partial charge on any atom is -0.308 e. The Hall–Kier alpha value is -7.30. The highest BCUT2D eigenvalue weighted by molar-refractivity contribution is 6.37. The van der Waals surface area contributed by atoms with Crippen LogP contribution in [0.2, 0.25) is 0 Å². The van der Waals surface area contributed by atoms with E-state index in [0.717, 1.165) is 66.3 Å². The van der Waals surface area contributed by atoms with Crippen LogP contribution in [0.1, 0.15) is 20.7 Å². The van der Waals surface area contributed by atoms with Gasteiger partial charge < -0.3 is 4.57 Å². The molecule has 0 spiro atoms. The number of imide groups is 1. The van der Waals surface area contributed by atoms with Crippen LogP contribution in [-0.2, 0) is 0 Å². The first-order chi connectivity index (χ1) is 26.7. The van der Waals surface area contributed by atoms with Crippen LogP contribution in [0.25, 0.3) is 72.0 Å². The molecule has 0 atom stereocenters. The lowest BCUT2D eigenvalue weighted by Gasteiger charge is -2.22. The summed E-state index contributed by atoms with van der Waals surface area (Å²) in [6.07, 6.45) is 0. The van der Waals surface area contributed by atoms with Crippen molar-refractivity contribution in [2.75, 3.05) is 4.90 Å². The number of amides is 2. The van der Waals surface area contributed by atoms with Crippen LogP contribution >= 0.6 is 0 Å². The van der Waals surface area contributed by atoms with Crippen LogP contribution < -0.4 is 4.90 Å². The van der Waals surface area contributed by atoms with Crippen molar-refractivity contribution in [1.29, 1.82) is 0 Å². The monoisotopic (exact) mass is 692 g/mol. The van der Waals surface area contributed by atoms with E-state index in [2.05, 4.69) is 108 Å². The molecule has 0 bridgehead atoms. The summed E-state index contributed by atoms with van der Waals surface area (Å²) in [7, 11) is 0. The molecule has 8 aromatic carbocycles. The summed E-state index contributed by atoms with van der Waals surface area (Å²) in [5, 5.41) is 2.13. The fourth-order valence-electron chi connectivity index (χ4n) is 8.07. The quantitative estimate of drug-likeness (QED) is 0.163. The zero-order valence-electron chi connectivity index (χ0n) is 29.2. The van der Waals surface area contributed by atoms with E-state index in [1.165, 1.54) is 4.90 Å². The van der Waals surface area contributed by atoms with Gasteiger partial charge in [-0.25, -0.2) is 4.90 Å². The Labute approximate surface area is 312 Å². The molecule has 2 amide bonds. The fourth-order valence-corrected chi connectivity index (χ4v) is 8.07. The second kappa shape index (κ2) is 12.7. The molecule has 0 saturated carbocycles. The molecular weight excluding hydrogens is 661 g/mol. The Kier molecular flexibility index (Phi) is 7.41. The van der Waals surface area contributed by atoms with Gasteiger partial charge in [-0.15, -0.1) is 0 Å². The molecule has 0 unspecified atom stereocenters. The number of carbonyl (C=O) groups excluding carboxylic acids is 2. The smallest absolute Gasteiger partial charge is 0.268 e.